The molecule has 0 aliphatic rings. The third-order valence-electron chi connectivity index (χ3n) is 2.05. The number of hydrogen-bond acceptors (Lipinski definition) is 4. The van der Waals surface area contributed by atoms with E-state index < -0.39 is 0 Å². The lowest BCUT2D eigenvalue weighted by atomic mass is 10.4. The second-order valence-corrected chi connectivity index (χ2v) is 4.62. The predicted octanol–water partition coefficient (Wildman–Crippen LogP) is 2.49. The molecular weight excluding hydrogens is 208 g/mol. The van der Waals surface area contributed by atoms with E-state index in [0.29, 0.717) is 6.61 Å². The minimum Gasteiger partial charge on any atom is -0.374 e. The van der Waals surface area contributed by atoms with Gasteiger partial charge in [-0.15, -0.1) is 11.3 Å². The summed E-state index contributed by atoms with van der Waals surface area (Å²) in [4.78, 5) is 5.81. The molecule has 0 aliphatic heterocycles. The molecule has 1 N–H and O–H groups in total. The summed E-state index contributed by atoms with van der Waals surface area (Å²) in [6, 6.07) is 0. The highest BCUT2D eigenvalue weighted by molar-refractivity contribution is 7.11. The molecule has 4 heteroatoms. The predicted molar refractivity (Wildman–Crippen MR) is 64.2 cm³/mol. The number of thiazole rings is 1. The van der Waals surface area contributed by atoms with Crippen LogP contribution in [0.2, 0.25) is 0 Å². The van der Waals surface area contributed by atoms with Gasteiger partial charge in [0.05, 0.1) is 12.3 Å². The molecule has 0 aromatic carbocycles. The van der Waals surface area contributed by atoms with E-state index >= 15 is 0 Å². The number of nitrogens with zero attached hydrogens (tertiary/aromatic N) is 1. The largest absolute Gasteiger partial charge is 0.374 e. The number of aromatic nitrogens is 1. The normalized spacial score (nSPS) is 10.9. The van der Waals surface area contributed by atoms with Crippen LogP contribution in [0.1, 0.15) is 35.8 Å². The van der Waals surface area contributed by atoms with Crippen LogP contribution in [-0.2, 0) is 17.9 Å². The Kier molecular flexibility index (Phi) is 5.83. The van der Waals surface area contributed by atoms with Crippen LogP contribution in [0, 0.1) is 6.92 Å². The zero-order valence-electron chi connectivity index (χ0n) is 9.80. The molecule has 0 radical (unpaired) electrons. The molecule has 3 nitrogen and oxygen atoms in total. The number of ether oxygens (including phenoxy) is 1. The fourth-order valence-corrected chi connectivity index (χ4v) is 2.23. The fraction of sp³-hybridized carbons (Fsp3) is 0.727. The zero-order valence-corrected chi connectivity index (χ0v) is 10.6. The Morgan fingerprint density at radius 1 is 1.40 bits per heavy atom. The lowest BCUT2D eigenvalue weighted by molar-refractivity contribution is 0.121. The van der Waals surface area contributed by atoms with Gasteiger partial charge in [-0.3, -0.25) is 0 Å². The zero-order chi connectivity index (χ0) is 11.1. The summed E-state index contributed by atoms with van der Waals surface area (Å²) in [6.45, 7) is 9.69. The highest BCUT2D eigenvalue weighted by Crippen LogP contribution is 2.18. The maximum absolute atomic E-state index is 5.47. The summed E-state index contributed by atoms with van der Waals surface area (Å²) in [5.74, 6) is 0. The van der Waals surface area contributed by atoms with Crippen molar-refractivity contribution in [1.82, 2.24) is 10.3 Å². The van der Waals surface area contributed by atoms with E-state index in [1.807, 2.05) is 0 Å². The number of rotatable bonds is 7. The minimum absolute atomic E-state index is 0.658. The number of hydrogen-bond donors (Lipinski definition) is 1. The highest BCUT2D eigenvalue weighted by Gasteiger charge is 2.06. The third-order valence-corrected chi connectivity index (χ3v) is 3.18. The summed E-state index contributed by atoms with van der Waals surface area (Å²) < 4.78 is 5.47. The molecule has 1 rings (SSSR count). The Hall–Kier alpha value is -0.450. The molecule has 0 amide bonds. The van der Waals surface area contributed by atoms with Gasteiger partial charge in [-0.05, 0) is 19.9 Å². The first-order chi connectivity index (χ1) is 7.27. The average molecular weight is 228 g/mol. The van der Waals surface area contributed by atoms with E-state index in [9.17, 15) is 0 Å². The van der Waals surface area contributed by atoms with Crippen molar-refractivity contribution in [3.05, 3.63) is 15.6 Å². The van der Waals surface area contributed by atoms with Gasteiger partial charge in [-0.1, -0.05) is 13.8 Å². The van der Waals surface area contributed by atoms with Crippen LogP contribution < -0.4 is 5.32 Å². The molecule has 1 heterocycles. The molecule has 86 valence electrons. The van der Waals surface area contributed by atoms with Crippen molar-refractivity contribution in [2.24, 2.45) is 0 Å². The standard InChI is InChI=1S/C11H20N2OS/c1-4-6-14-8-11-13-9(3)10(15-11)7-12-5-2/h12H,4-8H2,1-3H3. The smallest absolute Gasteiger partial charge is 0.119 e. The van der Waals surface area contributed by atoms with E-state index in [2.05, 4.69) is 31.1 Å². The lowest BCUT2D eigenvalue weighted by Crippen LogP contribution is -2.11. The molecule has 0 saturated carbocycles. The van der Waals surface area contributed by atoms with E-state index in [4.69, 9.17) is 4.74 Å². The van der Waals surface area contributed by atoms with E-state index in [1.165, 1.54) is 4.88 Å². The Morgan fingerprint density at radius 2 is 2.20 bits per heavy atom. The summed E-state index contributed by atoms with van der Waals surface area (Å²) in [7, 11) is 0. The van der Waals surface area contributed by atoms with Crippen LogP contribution >= 0.6 is 11.3 Å². The number of nitrogens with one attached hydrogen (secondary N) is 1. The average Bonchev–Trinajstić information content (AvgIpc) is 2.57. The van der Waals surface area contributed by atoms with E-state index in [0.717, 1.165) is 36.8 Å². The molecule has 0 saturated heterocycles. The first-order valence-corrected chi connectivity index (χ1v) is 6.33. The Morgan fingerprint density at radius 3 is 2.87 bits per heavy atom. The van der Waals surface area contributed by atoms with Crippen LogP contribution in [0.15, 0.2) is 0 Å². The van der Waals surface area contributed by atoms with Gasteiger partial charge in [0.1, 0.15) is 5.01 Å². The Bertz CT molecular complexity index is 286. The SMILES string of the molecule is CCCOCc1nc(C)c(CNCC)s1. The lowest BCUT2D eigenvalue weighted by Gasteiger charge is -1.98. The quantitative estimate of drug-likeness (QED) is 0.728. The maximum Gasteiger partial charge on any atom is 0.119 e. The molecule has 0 bridgehead atoms. The van der Waals surface area contributed by atoms with Gasteiger partial charge in [0.2, 0.25) is 0 Å². The van der Waals surface area contributed by atoms with E-state index in [1.54, 1.807) is 11.3 Å². The fourth-order valence-electron chi connectivity index (χ4n) is 1.26. The van der Waals surface area contributed by atoms with Crippen LogP contribution in [0.3, 0.4) is 0 Å². The van der Waals surface area contributed by atoms with Crippen LogP contribution in [0.5, 0.6) is 0 Å². The van der Waals surface area contributed by atoms with Crippen LogP contribution in [-0.4, -0.2) is 18.1 Å². The Labute approximate surface area is 95.9 Å². The van der Waals surface area contributed by atoms with Crippen LogP contribution in [0.25, 0.3) is 0 Å². The summed E-state index contributed by atoms with van der Waals surface area (Å²) in [6.07, 6.45) is 1.06. The molecule has 0 unspecified atom stereocenters. The van der Waals surface area contributed by atoms with Gasteiger partial charge >= 0.3 is 0 Å². The second kappa shape index (κ2) is 6.93. The monoisotopic (exact) mass is 228 g/mol. The second-order valence-electron chi connectivity index (χ2n) is 3.45. The first kappa shape index (κ1) is 12.6. The molecule has 15 heavy (non-hydrogen) atoms. The minimum atomic E-state index is 0.658. The molecule has 1 aromatic heterocycles. The topological polar surface area (TPSA) is 34.1 Å². The number of aryl methyl sites for hydroxylation is 1. The van der Waals surface area contributed by atoms with Crippen molar-refractivity contribution in [2.45, 2.75) is 40.3 Å². The maximum atomic E-state index is 5.47. The van der Waals surface area contributed by atoms with Crippen LogP contribution in [0.4, 0.5) is 0 Å². The molecule has 0 atom stereocenters. The molecule has 0 aliphatic carbocycles. The molecular formula is C11H20N2OS. The van der Waals surface area contributed by atoms with Gasteiger partial charge < -0.3 is 10.1 Å². The van der Waals surface area contributed by atoms with Crippen molar-refractivity contribution in [2.75, 3.05) is 13.2 Å². The summed E-state index contributed by atoms with van der Waals surface area (Å²) >= 11 is 1.75. The molecule has 1 aromatic rings. The van der Waals surface area contributed by atoms with Gasteiger partial charge in [0.15, 0.2) is 0 Å². The van der Waals surface area contributed by atoms with Crippen molar-refractivity contribution in [1.29, 1.82) is 0 Å². The Balaban J connectivity index is 2.45. The third kappa shape index (κ3) is 4.28. The van der Waals surface area contributed by atoms with Crippen molar-refractivity contribution in [3.8, 4) is 0 Å². The van der Waals surface area contributed by atoms with Gasteiger partial charge in [0, 0.05) is 18.0 Å². The van der Waals surface area contributed by atoms with E-state index in [-0.39, 0.29) is 0 Å². The van der Waals surface area contributed by atoms with Crippen molar-refractivity contribution >= 4 is 11.3 Å². The highest BCUT2D eigenvalue weighted by atomic mass is 32.1. The summed E-state index contributed by atoms with van der Waals surface area (Å²) in [5, 5.41) is 4.41. The van der Waals surface area contributed by atoms with Gasteiger partial charge in [0.25, 0.3) is 0 Å². The molecule has 0 fully saturated rings. The van der Waals surface area contributed by atoms with Crippen molar-refractivity contribution < 1.29 is 4.74 Å². The van der Waals surface area contributed by atoms with Crippen molar-refractivity contribution in [3.63, 3.8) is 0 Å². The van der Waals surface area contributed by atoms with Gasteiger partial charge in [-0.2, -0.15) is 0 Å². The van der Waals surface area contributed by atoms with Gasteiger partial charge in [-0.25, -0.2) is 4.98 Å². The first-order valence-electron chi connectivity index (χ1n) is 5.51. The summed E-state index contributed by atoms with van der Waals surface area (Å²) in [5.41, 5.74) is 1.14. The molecule has 0 spiro atoms.